The summed E-state index contributed by atoms with van der Waals surface area (Å²) in [6.07, 6.45) is 2.61. The lowest BCUT2D eigenvalue weighted by molar-refractivity contribution is 0.102. The van der Waals surface area contributed by atoms with E-state index in [2.05, 4.69) is 34.7 Å². The van der Waals surface area contributed by atoms with Crippen molar-refractivity contribution in [2.45, 2.75) is 39.2 Å². The molecule has 9 heteroatoms. The predicted molar refractivity (Wildman–Crippen MR) is 106 cm³/mol. The van der Waals surface area contributed by atoms with E-state index in [9.17, 15) is 14.0 Å². The smallest absolute Gasteiger partial charge is 0.317 e. The molecule has 1 atom stereocenters. The van der Waals surface area contributed by atoms with Crippen molar-refractivity contribution >= 4 is 29.0 Å². The molecule has 0 aliphatic carbocycles. The lowest BCUT2D eigenvalue weighted by Gasteiger charge is -2.23. The fraction of sp³-hybridized carbons (Fsp3) is 0.474. The Labute approximate surface area is 167 Å². The Morgan fingerprint density at radius 3 is 2.75 bits per heavy atom. The maximum atomic E-state index is 13.0. The zero-order valence-electron chi connectivity index (χ0n) is 15.9. The van der Waals surface area contributed by atoms with Gasteiger partial charge in [-0.1, -0.05) is 25.2 Å². The van der Waals surface area contributed by atoms with Gasteiger partial charge in [0.2, 0.25) is 5.01 Å². The minimum atomic E-state index is -0.402. The molecule has 0 unspecified atom stereocenters. The van der Waals surface area contributed by atoms with Crippen molar-refractivity contribution in [3.05, 3.63) is 40.1 Å². The van der Waals surface area contributed by atoms with Gasteiger partial charge < -0.3 is 15.5 Å². The van der Waals surface area contributed by atoms with Gasteiger partial charge in [-0.3, -0.25) is 4.79 Å². The van der Waals surface area contributed by atoms with E-state index in [4.69, 9.17) is 0 Å². The molecular formula is C19H24FN5O2S. The molecule has 3 rings (SSSR count). The van der Waals surface area contributed by atoms with Crippen LogP contribution in [-0.2, 0) is 0 Å². The molecule has 1 fully saturated rings. The Bertz CT molecular complexity index is 824. The molecule has 1 aromatic heterocycles. The number of amides is 3. The number of hydrogen-bond acceptors (Lipinski definition) is 5. The van der Waals surface area contributed by atoms with E-state index >= 15 is 0 Å². The summed E-state index contributed by atoms with van der Waals surface area (Å²) in [6.45, 7) is 5.53. The van der Waals surface area contributed by atoms with E-state index in [1.54, 1.807) is 4.90 Å². The van der Waals surface area contributed by atoms with E-state index in [1.807, 2.05) is 0 Å². The van der Waals surface area contributed by atoms with Crippen LogP contribution in [0.4, 0.5) is 14.9 Å². The van der Waals surface area contributed by atoms with Crippen LogP contribution in [0, 0.1) is 11.7 Å². The van der Waals surface area contributed by atoms with E-state index < -0.39 is 5.91 Å². The summed E-state index contributed by atoms with van der Waals surface area (Å²) in [5.74, 6) is -0.245. The van der Waals surface area contributed by atoms with Gasteiger partial charge in [0, 0.05) is 18.8 Å². The number of aromatic nitrogens is 2. The van der Waals surface area contributed by atoms with E-state index in [-0.39, 0.29) is 22.9 Å². The van der Waals surface area contributed by atoms with Gasteiger partial charge in [0.15, 0.2) is 0 Å². The molecule has 0 radical (unpaired) electrons. The number of carbonyl (C=O) groups excluding carboxylic acids is 2. The SMILES string of the molecule is CC(C)CCNC(=O)N1CCC[C@@H]1c1nnc(C(=O)Nc2ccc(F)cc2)s1. The van der Waals surface area contributed by atoms with Gasteiger partial charge in [0.1, 0.15) is 10.8 Å². The Hall–Kier alpha value is -2.55. The van der Waals surface area contributed by atoms with Gasteiger partial charge in [0.05, 0.1) is 6.04 Å². The van der Waals surface area contributed by atoms with Crippen LogP contribution in [0.3, 0.4) is 0 Å². The van der Waals surface area contributed by atoms with Crippen molar-refractivity contribution in [1.29, 1.82) is 0 Å². The highest BCUT2D eigenvalue weighted by Crippen LogP contribution is 2.33. The second-order valence-electron chi connectivity index (χ2n) is 7.17. The van der Waals surface area contributed by atoms with Crippen LogP contribution in [0.1, 0.15) is 54.0 Å². The molecule has 1 saturated heterocycles. The minimum absolute atomic E-state index is 0.101. The molecule has 0 saturated carbocycles. The molecule has 2 N–H and O–H groups in total. The van der Waals surface area contributed by atoms with Crippen LogP contribution in [0.5, 0.6) is 0 Å². The highest BCUT2D eigenvalue weighted by atomic mass is 32.1. The fourth-order valence-electron chi connectivity index (χ4n) is 3.01. The number of anilines is 1. The van der Waals surface area contributed by atoms with Gasteiger partial charge in [-0.2, -0.15) is 0 Å². The summed E-state index contributed by atoms with van der Waals surface area (Å²) >= 11 is 1.18. The maximum Gasteiger partial charge on any atom is 0.317 e. The Kier molecular flexibility index (Phi) is 6.56. The van der Waals surface area contributed by atoms with E-state index in [0.29, 0.717) is 29.7 Å². The lowest BCUT2D eigenvalue weighted by atomic mass is 10.1. The third-order valence-electron chi connectivity index (χ3n) is 4.53. The average Bonchev–Trinajstić information content (AvgIpc) is 3.32. The molecule has 0 bridgehead atoms. The summed E-state index contributed by atoms with van der Waals surface area (Å²) in [7, 11) is 0. The highest BCUT2D eigenvalue weighted by molar-refractivity contribution is 7.13. The van der Waals surface area contributed by atoms with E-state index in [0.717, 1.165) is 19.3 Å². The lowest BCUT2D eigenvalue weighted by Crippen LogP contribution is -2.40. The summed E-state index contributed by atoms with van der Waals surface area (Å²) in [5.41, 5.74) is 0.482. The molecule has 28 heavy (non-hydrogen) atoms. The summed E-state index contributed by atoms with van der Waals surface area (Å²) in [5, 5.41) is 14.6. The van der Waals surface area contributed by atoms with Crippen molar-refractivity contribution in [3.63, 3.8) is 0 Å². The van der Waals surface area contributed by atoms with Gasteiger partial charge in [-0.05, 0) is 49.4 Å². The van der Waals surface area contributed by atoms with Crippen LogP contribution < -0.4 is 10.6 Å². The summed E-state index contributed by atoms with van der Waals surface area (Å²) in [6, 6.07) is 5.25. The summed E-state index contributed by atoms with van der Waals surface area (Å²) in [4.78, 5) is 26.6. The average molecular weight is 405 g/mol. The van der Waals surface area contributed by atoms with Gasteiger partial charge in [-0.25, -0.2) is 9.18 Å². The van der Waals surface area contributed by atoms with Crippen molar-refractivity contribution < 1.29 is 14.0 Å². The number of rotatable bonds is 6. The Balaban J connectivity index is 1.62. The van der Waals surface area contributed by atoms with Crippen LogP contribution in [-0.4, -0.2) is 40.1 Å². The predicted octanol–water partition coefficient (Wildman–Crippen LogP) is 3.82. The first-order valence-corrected chi connectivity index (χ1v) is 10.2. The molecule has 0 spiro atoms. The molecule has 7 nitrogen and oxygen atoms in total. The Morgan fingerprint density at radius 1 is 1.29 bits per heavy atom. The van der Waals surface area contributed by atoms with Crippen LogP contribution in [0.25, 0.3) is 0 Å². The first-order valence-electron chi connectivity index (χ1n) is 9.39. The van der Waals surface area contributed by atoms with Crippen LogP contribution in [0.15, 0.2) is 24.3 Å². The number of nitrogens with one attached hydrogen (secondary N) is 2. The molecule has 1 aromatic carbocycles. The highest BCUT2D eigenvalue weighted by Gasteiger charge is 2.33. The van der Waals surface area contributed by atoms with Crippen molar-refractivity contribution in [2.75, 3.05) is 18.4 Å². The Morgan fingerprint density at radius 2 is 2.04 bits per heavy atom. The zero-order chi connectivity index (χ0) is 20.1. The van der Waals surface area contributed by atoms with Gasteiger partial charge >= 0.3 is 6.03 Å². The molecule has 1 aliphatic heterocycles. The standard InChI is InChI=1S/C19H24FN5O2S/c1-12(2)9-10-21-19(27)25-11-3-4-15(25)17-23-24-18(28-17)16(26)22-14-7-5-13(20)6-8-14/h5-8,12,15H,3-4,9-11H2,1-2H3,(H,21,27)(H,22,26)/t15-/m1/s1. The summed E-state index contributed by atoms with van der Waals surface area (Å²) < 4.78 is 13.0. The molecule has 2 aromatic rings. The number of benzene rings is 1. The monoisotopic (exact) mass is 405 g/mol. The number of urea groups is 1. The number of likely N-dealkylation sites (tertiary alicyclic amines) is 1. The molecule has 1 aliphatic rings. The molecule has 2 heterocycles. The third-order valence-corrected chi connectivity index (χ3v) is 5.56. The van der Waals surface area contributed by atoms with Crippen LogP contribution in [0.2, 0.25) is 0 Å². The number of carbonyl (C=O) groups is 2. The third kappa shape index (κ3) is 5.03. The zero-order valence-corrected chi connectivity index (χ0v) is 16.8. The number of hydrogen-bond donors (Lipinski definition) is 2. The molecule has 150 valence electrons. The number of halogens is 1. The first-order chi connectivity index (χ1) is 13.4. The first kappa shape index (κ1) is 20.2. The van der Waals surface area contributed by atoms with Gasteiger partial charge in [-0.15, -0.1) is 10.2 Å². The molecular weight excluding hydrogens is 381 g/mol. The number of nitrogens with zero attached hydrogens (tertiary/aromatic N) is 3. The van der Waals surface area contributed by atoms with Crippen molar-refractivity contribution in [2.24, 2.45) is 5.92 Å². The maximum absolute atomic E-state index is 13.0. The topological polar surface area (TPSA) is 87.2 Å². The quantitative estimate of drug-likeness (QED) is 0.765. The van der Waals surface area contributed by atoms with Crippen LogP contribution >= 0.6 is 11.3 Å². The second-order valence-corrected chi connectivity index (χ2v) is 8.18. The second kappa shape index (κ2) is 9.09. The normalized spacial score (nSPS) is 16.4. The largest absolute Gasteiger partial charge is 0.338 e. The van der Waals surface area contributed by atoms with Crippen molar-refractivity contribution in [3.8, 4) is 0 Å². The minimum Gasteiger partial charge on any atom is -0.338 e. The van der Waals surface area contributed by atoms with Gasteiger partial charge in [0.25, 0.3) is 5.91 Å². The molecule has 3 amide bonds. The van der Waals surface area contributed by atoms with Crippen molar-refractivity contribution in [1.82, 2.24) is 20.4 Å². The van der Waals surface area contributed by atoms with E-state index in [1.165, 1.54) is 35.6 Å². The fourth-order valence-corrected chi connectivity index (χ4v) is 3.90.